The Labute approximate surface area is 106 Å². The Morgan fingerprint density at radius 3 is 2.59 bits per heavy atom. The van der Waals surface area contributed by atoms with Crippen LogP contribution < -0.4 is 11.1 Å². The molecule has 17 heavy (non-hydrogen) atoms. The lowest BCUT2D eigenvalue weighted by atomic mass is 10.1. The van der Waals surface area contributed by atoms with Gasteiger partial charge in [-0.2, -0.15) is 0 Å². The third kappa shape index (κ3) is 3.54. The van der Waals surface area contributed by atoms with E-state index in [1.165, 1.54) is 37.0 Å². The van der Waals surface area contributed by atoms with Gasteiger partial charge in [0, 0.05) is 17.5 Å². The molecular formula is C13H20N2OS. The lowest BCUT2D eigenvalue weighted by molar-refractivity contribution is 0.0937. The molecule has 0 radical (unpaired) electrons. The number of nitrogens with two attached hydrogens (primary N) is 1. The van der Waals surface area contributed by atoms with Crippen molar-refractivity contribution in [1.29, 1.82) is 0 Å². The first-order valence-electron chi connectivity index (χ1n) is 6.39. The predicted octanol–water partition coefficient (Wildman–Crippen LogP) is 2.66. The molecular weight excluding hydrogens is 232 g/mol. The fourth-order valence-corrected chi connectivity index (χ4v) is 3.08. The second-order valence-corrected chi connectivity index (χ2v) is 5.80. The van der Waals surface area contributed by atoms with Gasteiger partial charge in [0.05, 0.1) is 4.88 Å². The van der Waals surface area contributed by atoms with E-state index in [0.717, 1.165) is 22.6 Å². The third-order valence-electron chi connectivity index (χ3n) is 3.28. The van der Waals surface area contributed by atoms with E-state index in [2.05, 4.69) is 5.32 Å². The Kier molecular flexibility index (Phi) is 4.57. The van der Waals surface area contributed by atoms with Crippen LogP contribution in [0.15, 0.2) is 12.1 Å². The number of hydrogen-bond acceptors (Lipinski definition) is 3. The van der Waals surface area contributed by atoms with Crippen LogP contribution in [0.5, 0.6) is 0 Å². The van der Waals surface area contributed by atoms with Crippen LogP contribution in [0.3, 0.4) is 0 Å². The van der Waals surface area contributed by atoms with Gasteiger partial charge < -0.3 is 11.1 Å². The van der Waals surface area contributed by atoms with E-state index in [9.17, 15) is 4.79 Å². The average Bonchev–Trinajstić information content (AvgIpc) is 2.68. The zero-order valence-electron chi connectivity index (χ0n) is 10.1. The minimum absolute atomic E-state index is 0.0709. The van der Waals surface area contributed by atoms with Crippen LogP contribution in [0, 0.1) is 0 Å². The van der Waals surface area contributed by atoms with Gasteiger partial charge in [0.15, 0.2) is 0 Å². The second-order valence-electron chi connectivity index (χ2n) is 4.63. The Morgan fingerprint density at radius 2 is 2.00 bits per heavy atom. The monoisotopic (exact) mass is 252 g/mol. The summed E-state index contributed by atoms with van der Waals surface area (Å²) in [6.45, 7) is 0.515. The van der Waals surface area contributed by atoms with Crippen LogP contribution in [0.2, 0.25) is 0 Å². The van der Waals surface area contributed by atoms with Gasteiger partial charge >= 0.3 is 0 Å². The summed E-state index contributed by atoms with van der Waals surface area (Å²) < 4.78 is 0. The van der Waals surface area contributed by atoms with Gasteiger partial charge in [-0.05, 0) is 25.0 Å². The maximum absolute atomic E-state index is 12.0. The van der Waals surface area contributed by atoms with Crippen LogP contribution in [-0.2, 0) is 6.54 Å². The fraction of sp³-hybridized carbons (Fsp3) is 0.615. The first kappa shape index (κ1) is 12.6. The Hall–Kier alpha value is -0.870. The molecule has 1 aromatic rings. The summed E-state index contributed by atoms with van der Waals surface area (Å²) in [7, 11) is 0. The molecule has 1 heterocycles. The molecule has 4 heteroatoms. The van der Waals surface area contributed by atoms with E-state index in [-0.39, 0.29) is 5.91 Å². The molecule has 1 saturated carbocycles. The number of carbonyl (C=O) groups is 1. The fourth-order valence-electron chi connectivity index (χ4n) is 2.29. The third-order valence-corrected chi connectivity index (χ3v) is 4.38. The molecule has 1 fully saturated rings. The molecule has 1 aliphatic rings. The van der Waals surface area contributed by atoms with Crippen LogP contribution in [0.1, 0.15) is 53.1 Å². The number of thiophene rings is 1. The summed E-state index contributed by atoms with van der Waals surface area (Å²) >= 11 is 1.50. The highest BCUT2D eigenvalue weighted by Gasteiger charge is 2.16. The molecule has 0 bridgehead atoms. The minimum Gasteiger partial charge on any atom is -0.349 e. The minimum atomic E-state index is 0.0709. The summed E-state index contributed by atoms with van der Waals surface area (Å²) in [5.41, 5.74) is 5.55. The molecule has 3 nitrogen and oxygen atoms in total. The van der Waals surface area contributed by atoms with Crippen LogP contribution in [-0.4, -0.2) is 11.9 Å². The van der Waals surface area contributed by atoms with Crippen molar-refractivity contribution in [2.45, 2.75) is 51.1 Å². The smallest absolute Gasteiger partial charge is 0.261 e. The quantitative estimate of drug-likeness (QED) is 0.813. The van der Waals surface area contributed by atoms with Gasteiger partial charge in [-0.25, -0.2) is 0 Å². The highest BCUT2D eigenvalue weighted by molar-refractivity contribution is 7.14. The molecule has 1 aromatic heterocycles. The van der Waals surface area contributed by atoms with E-state index in [1.807, 2.05) is 12.1 Å². The lowest BCUT2D eigenvalue weighted by Crippen LogP contribution is -2.33. The molecule has 2 rings (SSSR count). The summed E-state index contributed by atoms with van der Waals surface area (Å²) in [5.74, 6) is 0.0709. The van der Waals surface area contributed by atoms with E-state index >= 15 is 0 Å². The Bertz CT molecular complexity index is 367. The first-order chi connectivity index (χ1) is 8.29. The normalized spacial score (nSPS) is 17.7. The van der Waals surface area contributed by atoms with Gasteiger partial charge in [-0.15, -0.1) is 11.3 Å². The molecule has 0 saturated heterocycles. The molecule has 1 amide bonds. The summed E-state index contributed by atoms with van der Waals surface area (Å²) in [6.07, 6.45) is 7.35. The molecule has 0 atom stereocenters. The standard InChI is InChI=1S/C13H20N2OS/c14-9-11-7-8-12(17-11)13(16)15-10-5-3-1-2-4-6-10/h7-8,10H,1-6,9,14H2,(H,15,16). The Balaban J connectivity index is 1.91. The zero-order valence-corrected chi connectivity index (χ0v) is 10.9. The van der Waals surface area contributed by atoms with Crippen molar-refractivity contribution in [3.8, 4) is 0 Å². The van der Waals surface area contributed by atoms with Crippen molar-refractivity contribution in [2.75, 3.05) is 0 Å². The summed E-state index contributed by atoms with van der Waals surface area (Å²) in [4.78, 5) is 13.9. The molecule has 1 aliphatic carbocycles. The number of nitrogens with one attached hydrogen (secondary N) is 1. The van der Waals surface area contributed by atoms with Gasteiger partial charge in [0.2, 0.25) is 0 Å². The van der Waals surface area contributed by atoms with Gasteiger partial charge in [0.1, 0.15) is 0 Å². The topological polar surface area (TPSA) is 55.1 Å². The van der Waals surface area contributed by atoms with Crippen molar-refractivity contribution in [3.63, 3.8) is 0 Å². The van der Waals surface area contributed by atoms with Gasteiger partial charge in [-0.1, -0.05) is 25.7 Å². The van der Waals surface area contributed by atoms with Crippen molar-refractivity contribution >= 4 is 17.2 Å². The van der Waals surface area contributed by atoms with Crippen molar-refractivity contribution in [1.82, 2.24) is 5.32 Å². The number of carbonyl (C=O) groups excluding carboxylic acids is 1. The van der Waals surface area contributed by atoms with E-state index in [1.54, 1.807) is 0 Å². The molecule has 94 valence electrons. The number of rotatable bonds is 3. The zero-order chi connectivity index (χ0) is 12.1. The molecule has 0 unspecified atom stereocenters. The maximum atomic E-state index is 12.0. The van der Waals surface area contributed by atoms with E-state index < -0.39 is 0 Å². The maximum Gasteiger partial charge on any atom is 0.261 e. The van der Waals surface area contributed by atoms with Crippen LogP contribution in [0.4, 0.5) is 0 Å². The molecule has 3 N–H and O–H groups in total. The molecule has 0 aromatic carbocycles. The SMILES string of the molecule is NCc1ccc(C(=O)NC2CCCCCC2)s1. The van der Waals surface area contributed by atoms with Crippen molar-refractivity contribution in [2.24, 2.45) is 5.73 Å². The summed E-state index contributed by atoms with van der Waals surface area (Å²) in [5, 5.41) is 3.14. The molecule has 0 spiro atoms. The largest absolute Gasteiger partial charge is 0.349 e. The van der Waals surface area contributed by atoms with Crippen LogP contribution >= 0.6 is 11.3 Å². The van der Waals surface area contributed by atoms with Crippen molar-refractivity contribution < 1.29 is 4.79 Å². The Morgan fingerprint density at radius 1 is 1.29 bits per heavy atom. The van der Waals surface area contributed by atoms with E-state index in [0.29, 0.717) is 12.6 Å². The van der Waals surface area contributed by atoms with Gasteiger partial charge in [-0.3, -0.25) is 4.79 Å². The first-order valence-corrected chi connectivity index (χ1v) is 7.21. The highest BCUT2D eigenvalue weighted by atomic mass is 32.1. The van der Waals surface area contributed by atoms with Gasteiger partial charge in [0.25, 0.3) is 5.91 Å². The second kappa shape index (κ2) is 6.17. The average molecular weight is 252 g/mol. The summed E-state index contributed by atoms with van der Waals surface area (Å²) in [6, 6.07) is 4.18. The van der Waals surface area contributed by atoms with Crippen molar-refractivity contribution in [3.05, 3.63) is 21.9 Å². The highest BCUT2D eigenvalue weighted by Crippen LogP contribution is 2.19. The number of amides is 1. The molecule has 0 aliphatic heterocycles. The number of hydrogen-bond donors (Lipinski definition) is 2. The lowest BCUT2D eigenvalue weighted by Gasteiger charge is -2.15. The predicted molar refractivity (Wildman–Crippen MR) is 71.2 cm³/mol. The van der Waals surface area contributed by atoms with Crippen LogP contribution in [0.25, 0.3) is 0 Å². The van der Waals surface area contributed by atoms with E-state index in [4.69, 9.17) is 5.73 Å².